The minimum atomic E-state index is -0.495. The number of carbonyl (C=O) groups excluding carboxylic acids is 1. The summed E-state index contributed by atoms with van der Waals surface area (Å²) in [5.41, 5.74) is 7.08. The smallest absolute Gasteiger partial charge is 0.335 e. The molecular formula is C12H13N3O2. The molecular weight excluding hydrogens is 218 g/mol. The molecule has 0 aliphatic carbocycles. The fraction of sp³-hybridized carbons (Fsp3) is 0.250. The van der Waals surface area contributed by atoms with E-state index in [0.717, 1.165) is 0 Å². The predicted octanol–water partition coefficient (Wildman–Crippen LogP) is 1.52. The number of nitriles is 1. The summed E-state index contributed by atoms with van der Waals surface area (Å²) in [6, 6.07) is 3.59. The van der Waals surface area contributed by atoms with Crippen LogP contribution in [0.25, 0.3) is 6.08 Å². The Bertz CT molecular complexity index is 475. The number of esters is 1. The van der Waals surface area contributed by atoms with E-state index in [1.54, 1.807) is 25.3 Å². The van der Waals surface area contributed by atoms with E-state index in [4.69, 9.17) is 15.7 Å². The second kappa shape index (κ2) is 6.28. The van der Waals surface area contributed by atoms with Gasteiger partial charge in [0.2, 0.25) is 0 Å². The fourth-order valence-corrected chi connectivity index (χ4v) is 1.23. The fourth-order valence-electron chi connectivity index (χ4n) is 1.23. The topological polar surface area (TPSA) is 89.0 Å². The van der Waals surface area contributed by atoms with Gasteiger partial charge in [0.15, 0.2) is 0 Å². The van der Waals surface area contributed by atoms with Crippen molar-refractivity contribution < 1.29 is 9.53 Å². The van der Waals surface area contributed by atoms with Gasteiger partial charge in [-0.25, -0.2) is 4.79 Å². The first-order valence-corrected chi connectivity index (χ1v) is 5.13. The minimum absolute atomic E-state index is 0.0133. The molecule has 0 spiro atoms. The summed E-state index contributed by atoms with van der Waals surface area (Å²) in [5, 5.41) is 8.66. The van der Waals surface area contributed by atoms with Gasteiger partial charge < -0.3 is 10.5 Å². The number of rotatable bonds is 4. The molecule has 1 heterocycles. The van der Waals surface area contributed by atoms with Crippen LogP contribution in [-0.4, -0.2) is 17.6 Å². The highest BCUT2D eigenvalue weighted by atomic mass is 16.5. The van der Waals surface area contributed by atoms with Gasteiger partial charge in [0.25, 0.3) is 0 Å². The Hall–Kier alpha value is -2.35. The van der Waals surface area contributed by atoms with Gasteiger partial charge in [0.1, 0.15) is 0 Å². The Balaban J connectivity index is 3.03. The molecule has 0 aliphatic rings. The van der Waals surface area contributed by atoms with E-state index in [-0.39, 0.29) is 18.6 Å². The van der Waals surface area contributed by atoms with E-state index in [1.807, 2.05) is 6.07 Å². The molecule has 0 radical (unpaired) electrons. The van der Waals surface area contributed by atoms with E-state index in [2.05, 4.69) is 4.98 Å². The van der Waals surface area contributed by atoms with Crippen molar-refractivity contribution in [1.82, 2.24) is 4.98 Å². The first kappa shape index (κ1) is 12.7. The van der Waals surface area contributed by atoms with Gasteiger partial charge in [0, 0.05) is 11.8 Å². The van der Waals surface area contributed by atoms with Crippen LogP contribution in [0.5, 0.6) is 0 Å². The number of anilines is 1. The van der Waals surface area contributed by atoms with Crippen LogP contribution in [0.4, 0.5) is 5.69 Å². The first-order chi connectivity index (χ1) is 8.19. The highest BCUT2D eigenvalue weighted by Crippen LogP contribution is 2.16. The van der Waals surface area contributed by atoms with Crippen molar-refractivity contribution in [2.45, 2.75) is 13.3 Å². The molecule has 0 atom stereocenters. The highest BCUT2D eigenvalue weighted by molar-refractivity contribution is 5.94. The third kappa shape index (κ3) is 3.61. The molecule has 5 heteroatoms. The van der Waals surface area contributed by atoms with Crippen LogP contribution in [-0.2, 0) is 9.53 Å². The molecule has 1 aromatic rings. The molecule has 0 aromatic carbocycles. The van der Waals surface area contributed by atoms with Crippen molar-refractivity contribution in [3.8, 4) is 6.07 Å². The molecule has 0 unspecified atom stereocenters. The average molecular weight is 231 g/mol. The maximum Gasteiger partial charge on any atom is 0.335 e. The molecule has 2 N–H and O–H groups in total. The summed E-state index contributed by atoms with van der Waals surface area (Å²) in [6.45, 7) is 1.98. The summed E-state index contributed by atoms with van der Waals surface area (Å²) in [6.07, 6.45) is 4.59. The van der Waals surface area contributed by atoms with Crippen molar-refractivity contribution >= 4 is 17.7 Å². The summed E-state index contributed by atoms with van der Waals surface area (Å²) in [7, 11) is 0. The zero-order chi connectivity index (χ0) is 12.7. The van der Waals surface area contributed by atoms with Crippen LogP contribution < -0.4 is 5.73 Å². The standard InChI is InChI=1S/C12H13N3O2/c1-2-17-12(16)10(3-5-13)7-9-4-6-15-8-11(9)14/h4,6-8H,2-3,14H2,1H3/b10-7+. The maximum absolute atomic E-state index is 11.6. The quantitative estimate of drug-likeness (QED) is 0.626. The van der Waals surface area contributed by atoms with Crippen LogP contribution in [0.15, 0.2) is 24.0 Å². The van der Waals surface area contributed by atoms with Crippen molar-refractivity contribution in [1.29, 1.82) is 5.26 Å². The molecule has 0 saturated heterocycles. The number of hydrogen-bond donors (Lipinski definition) is 1. The SMILES string of the molecule is CCOC(=O)/C(=C/c1ccncc1N)CC#N. The zero-order valence-corrected chi connectivity index (χ0v) is 9.51. The summed E-state index contributed by atoms with van der Waals surface area (Å²) >= 11 is 0. The summed E-state index contributed by atoms with van der Waals surface area (Å²) in [4.78, 5) is 15.4. The Morgan fingerprint density at radius 2 is 2.47 bits per heavy atom. The van der Waals surface area contributed by atoms with Crippen molar-refractivity contribution in [2.24, 2.45) is 0 Å². The third-order valence-electron chi connectivity index (χ3n) is 2.02. The molecule has 0 bridgehead atoms. The van der Waals surface area contributed by atoms with Crippen LogP contribution in [0.3, 0.4) is 0 Å². The van der Waals surface area contributed by atoms with E-state index in [0.29, 0.717) is 11.3 Å². The Morgan fingerprint density at radius 3 is 3.06 bits per heavy atom. The molecule has 1 rings (SSSR count). The molecule has 0 amide bonds. The number of hydrogen-bond acceptors (Lipinski definition) is 5. The zero-order valence-electron chi connectivity index (χ0n) is 9.51. The van der Waals surface area contributed by atoms with Gasteiger partial charge in [-0.1, -0.05) is 0 Å². The Kier molecular flexibility index (Phi) is 4.70. The molecule has 0 aliphatic heterocycles. The number of aromatic nitrogens is 1. The van der Waals surface area contributed by atoms with Gasteiger partial charge >= 0.3 is 5.97 Å². The highest BCUT2D eigenvalue weighted by Gasteiger charge is 2.10. The minimum Gasteiger partial charge on any atom is -0.463 e. The number of pyridine rings is 1. The van der Waals surface area contributed by atoms with Crippen LogP contribution >= 0.6 is 0 Å². The largest absolute Gasteiger partial charge is 0.463 e. The molecule has 88 valence electrons. The predicted molar refractivity (Wildman–Crippen MR) is 63.5 cm³/mol. The number of nitrogen functional groups attached to an aromatic ring is 1. The third-order valence-corrected chi connectivity index (χ3v) is 2.02. The van der Waals surface area contributed by atoms with Crippen LogP contribution in [0.1, 0.15) is 18.9 Å². The molecule has 17 heavy (non-hydrogen) atoms. The summed E-state index contributed by atoms with van der Waals surface area (Å²) < 4.78 is 4.85. The first-order valence-electron chi connectivity index (χ1n) is 5.13. The lowest BCUT2D eigenvalue weighted by Crippen LogP contribution is -2.07. The molecule has 0 saturated carbocycles. The average Bonchev–Trinajstić information content (AvgIpc) is 2.31. The number of carbonyl (C=O) groups is 1. The second-order valence-corrected chi connectivity index (χ2v) is 3.23. The Labute approximate surface area is 99.5 Å². The van der Waals surface area contributed by atoms with Crippen molar-refractivity contribution in [3.63, 3.8) is 0 Å². The number of ether oxygens (including phenoxy) is 1. The number of nitrogens with zero attached hydrogens (tertiary/aromatic N) is 2. The van der Waals surface area contributed by atoms with Crippen LogP contribution in [0, 0.1) is 11.3 Å². The van der Waals surface area contributed by atoms with Gasteiger partial charge in [-0.05, 0) is 19.1 Å². The second-order valence-electron chi connectivity index (χ2n) is 3.23. The maximum atomic E-state index is 11.6. The van der Waals surface area contributed by atoms with Gasteiger partial charge in [0.05, 0.1) is 36.6 Å². The lowest BCUT2D eigenvalue weighted by Gasteiger charge is -2.04. The van der Waals surface area contributed by atoms with Crippen molar-refractivity contribution in [3.05, 3.63) is 29.6 Å². The molecule has 1 aromatic heterocycles. The van der Waals surface area contributed by atoms with Crippen LogP contribution in [0.2, 0.25) is 0 Å². The van der Waals surface area contributed by atoms with Gasteiger partial charge in [-0.15, -0.1) is 0 Å². The van der Waals surface area contributed by atoms with Gasteiger partial charge in [-0.3, -0.25) is 4.98 Å². The van der Waals surface area contributed by atoms with Gasteiger partial charge in [-0.2, -0.15) is 5.26 Å². The van der Waals surface area contributed by atoms with E-state index < -0.39 is 5.97 Å². The lowest BCUT2D eigenvalue weighted by molar-refractivity contribution is -0.138. The van der Waals surface area contributed by atoms with E-state index in [1.165, 1.54) is 6.20 Å². The molecule has 5 nitrogen and oxygen atoms in total. The number of nitrogens with two attached hydrogens (primary N) is 1. The molecule has 0 fully saturated rings. The normalized spacial score (nSPS) is 10.7. The van der Waals surface area contributed by atoms with E-state index in [9.17, 15) is 4.79 Å². The lowest BCUT2D eigenvalue weighted by atomic mass is 10.1. The summed E-state index contributed by atoms with van der Waals surface area (Å²) in [5.74, 6) is -0.495. The monoisotopic (exact) mass is 231 g/mol. The Morgan fingerprint density at radius 1 is 1.71 bits per heavy atom. The van der Waals surface area contributed by atoms with Crippen molar-refractivity contribution in [2.75, 3.05) is 12.3 Å². The van der Waals surface area contributed by atoms with E-state index >= 15 is 0 Å².